The Morgan fingerprint density at radius 1 is 1.09 bits per heavy atom. The van der Waals surface area contributed by atoms with Gasteiger partial charge in [0.2, 0.25) is 5.88 Å². The van der Waals surface area contributed by atoms with E-state index in [1.807, 2.05) is 26.0 Å². The van der Waals surface area contributed by atoms with Gasteiger partial charge in [-0.2, -0.15) is 13.5 Å². The monoisotopic (exact) mass is 467 g/mol. The molecule has 1 aliphatic heterocycles. The summed E-state index contributed by atoms with van der Waals surface area (Å²) < 4.78 is 34.7. The smallest absolute Gasteiger partial charge is 0.333 e. The van der Waals surface area contributed by atoms with Gasteiger partial charge in [0.05, 0.1) is 12.3 Å². The molecule has 0 fully saturated rings. The van der Waals surface area contributed by atoms with E-state index in [-0.39, 0.29) is 11.1 Å². The molecule has 1 aliphatic carbocycles. The number of amides is 2. The molecular weight excluding hydrogens is 442 g/mol. The lowest BCUT2D eigenvalue weighted by Crippen LogP contribution is -2.35. The molecule has 0 spiro atoms. The number of aryl methyl sites for hydroxylation is 1. The number of nitrogens with one attached hydrogen (secondary N) is 2. The molecule has 33 heavy (non-hydrogen) atoms. The second kappa shape index (κ2) is 8.18. The molecule has 2 amide bonds. The van der Waals surface area contributed by atoms with Crippen LogP contribution in [0.15, 0.2) is 41.7 Å². The summed E-state index contributed by atoms with van der Waals surface area (Å²) >= 11 is 0. The first kappa shape index (κ1) is 21.4. The summed E-state index contributed by atoms with van der Waals surface area (Å²) in [6.45, 7) is 4.35. The maximum absolute atomic E-state index is 12.9. The third kappa shape index (κ3) is 3.95. The third-order valence-electron chi connectivity index (χ3n) is 6.03. The van der Waals surface area contributed by atoms with E-state index < -0.39 is 16.1 Å². The van der Waals surface area contributed by atoms with E-state index in [1.54, 1.807) is 12.4 Å². The highest BCUT2D eigenvalue weighted by Crippen LogP contribution is 2.41. The highest BCUT2D eigenvalue weighted by atomic mass is 32.2. The van der Waals surface area contributed by atoms with Crippen LogP contribution in [0.5, 0.6) is 5.88 Å². The van der Waals surface area contributed by atoms with Crippen molar-refractivity contribution in [3.05, 3.63) is 53.3 Å². The minimum absolute atomic E-state index is 0.00307. The normalized spacial score (nSPS) is 14.6. The van der Waals surface area contributed by atoms with E-state index in [2.05, 4.69) is 26.2 Å². The molecule has 0 radical (unpaired) electrons. The topological polar surface area (TPSA) is 115 Å². The third-order valence-corrected chi connectivity index (χ3v) is 7.26. The quantitative estimate of drug-likeness (QED) is 0.594. The Balaban J connectivity index is 1.48. The van der Waals surface area contributed by atoms with Crippen LogP contribution in [-0.2, 0) is 29.3 Å². The summed E-state index contributed by atoms with van der Waals surface area (Å²) in [5.74, 6) is 0.603. The minimum Gasteiger partial charge on any atom is -0.477 e. The standard InChI is InChI=1S/C23H25N5O4S/c1-14(2)28-12-9-20(26-28)33(30,31)27-23(29)25-21-16-5-3-4-15(16)6-7-18(21)17-8-11-24-22-19(17)10-13-32-22/h6-9,11-12,14H,3-5,10,13H2,1-2H3,(H2,25,27,29). The summed E-state index contributed by atoms with van der Waals surface area (Å²) in [5, 5.41) is 6.70. The van der Waals surface area contributed by atoms with Crippen LogP contribution in [-0.4, -0.2) is 35.8 Å². The number of hydrogen-bond acceptors (Lipinski definition) is 6. The minimum atomic E-state index is -4.12. The van der Waals surface area contributed by atoms with E-state index in [4.69, 9.17) is 4.74 Å². The van der Waals surface area contributed by atoms with Gasteiger partial charge in [0.1, 0.15) is 0 Å². The molecule has 0 bridgehead atoms. The maximum Gasteiger partial charge on any atom is 0.333 e. The molecule has 2 aromatic heterocycles. The Hall–Kier alpha value is -3.40. The molecule has 2 N–H and O–H groups in total. The fourth-order valence-corrected chi connectivity index (χ4v) is 5.28. The molecule has 1 aromatic carbocycles. The lowest BCUT2D eigenvalue weighted by molar-refractivity contribution is 0.256. The first-order valence-electron chi connectivity index (χ1n) is 11.0. The fourth-order valence-electron chi connectivity index (χ4n) is 4.44. The van der Waals surface area contributed by atoms with Gasteiger partial charge in [-0.25, -0.2) is 14.5 Å². The number of hydrogen-bond donors (Lipinski definition) is 2. The Morgan fingerprint density at radius 3 is 2.73 bits per heavy atom. The summed E-state index contributed by atoms with van der Waals surface area (Å²) in [7, 11) is -4.12. The van der Waals surface area contributed by atoms with Crippen molar-refractivity contribution < 1.29 is 17.9 Å². The highest BCUT2D eigenvalue weighted by molar-refractivity contribution is 7.90. The summed E-state index contributed by atoms with van der Waals surface area (Å²) in [6.07, 6.45) is 6.71. The van der Waals surface area contributed by atoms with Crippen molar-refractivity contribution in [2.24, 2.45) is 0 Å². The lowest BCUT2D eigenvalue weighted by atomic mass is 9.94. The van der Waals surface area contributed by atoms with Crippen LogP contribution in [0.1, 0.15) is 43.0 Å². The number of benzene rings is 1. The predicted octanol–water partition coefficient (Wildman–Crippen LogP) is 3.46. The van der Waals surface area contributed by atoms with Gasteiger partial charge in [0.15, 0.2) is 5.03 Å². The van der Waals surface area contributed by atoms with Crippen LogP contribution in [0.3, 0.4) is 0 Å². The number of anilines is 1. The molecule has 9 nitrogen and oxygen atoms in total. The number of urea groups is 1. The first-order valence-corrected chi connectivity index (χ1v) is 12.5. The van der Waals surface area contributed by atoms with E-state index in [0.29, 0.717) is 18.2 Å². The Bertz CT molecular complexity index is 1350. The lowest BCUT2D eigenvalue weighted by Gasteiger charge is -2.18. The molecule has 0 saturated heterocycles. The zero-order chi connectivity index (χ0) is 23.2. The van der Waals surface area contributed by atoms with E-state index in [9.17, 15) is 13.2 Å². The van der Waals surface area contributed by atoms with Gasteiger partial charge in [0, 0.05) is 36.0 Å². The van der Waals surface area contributed by atoms with E-state index >= 15 is 0 Å². The van der Waals surface area contributed by atoms with Crippen molar-refractivity contribution in [3.63, 3.8) is 0 Å². The number of ether oxygens (including phenoxy) is 1. The number of carbonyl (C=O) groups is 1. The number of nitrogens with zero attached hydrogens (tertiary/aromatic N) is 3. The molecule has 172 valence electrons. The number of fused-ring (bicyclic) bond motifs is 2. The number of aromatic nitrogens is 3. The Labute approximate surface area is 192 Å². The first-order chi connectivity index (χ1) is 15.8. The van der Waals surface area contributed by atoms with Gasteiger partial charge in [0.25, 0.3) is 10.0 Å². The van der Waals surface area contributed by atoms with Crippen molar-refractivity contribution in [2.45, 2.75) is 50.6 Å². The molecule has 2 aliphatic rings. The van der Waals surface area contributed by atoms with Gasteiger partial charge in [-0.1, -0.05) is 12.1 Å². The zero-order valence-corrected chi connectivity index (χ0v) is 19.3. The summed E-state index contributed by atoms with van der Waals surface area (Å²) in [6, 6.07) is 6.52. The average Bonchev–Trinajstić information content (AvgIpc) is 3.53. The van der Waals surface area contributed by atoms with Gasteiger partial charge >= 0.3 is 6.03 Å². The van der Waals surface area contributed by atoms with Crippen molar-refractivity contribution in [2.75, 3.05) is 11.9 Å². The van der Waals surface area contributed by atoms with Crippen LogP contribution in [0.2, 0.25) is 0 Å². The zero-order valence-electron chi connectivity index (χ0n) is 18.5. The number of sulfonamides is 1. The van der Waals surface area contributed by atoms with E-state index in [0.717, 1.165) is 53.5 Å². The summed E-state index contributed by atoms with van der Waals surface area (Å²) in [4.78, 5) is 17.2. The van der Waals surface area contributed by atoms with Gasteiger partial charge < -0.3 is 10.1 Å². The predicted molar refractivity (Wildman–Crippen MR) is 123 cm³/mol. The second-order valence-electron chi connectivity index (χ2n) is 8.51. The largest absolute Gasteiger partial charge is 0.477 e. The number of pyridine rings is 1. The molecule has 3 aromatic rings. The van der Waals surface area contributed by atoms with Crippen LogP contribution in [0, 0.1) is 0 Å². The van der Waals surface area contributed by atoms with Crippen molar-refractivity contribution >= 4 is 21.7 Å². The molecule has 10 heteroatoms. The van der Waals surface area contributed by atoms with Crippen molar-refractivity contribution in [1.82, 2.24) is 19.5 Å². The van der Waals surface area contributed by atoms with Gasteiger partial charge in [-0.3, -0.25) is 4.68 Å². The molecule has 0 atom stereocenters. The van der Waals surface area contributed by atoms with Gasteiger partial charge in [-0.05, 0) is 61.9 Å². The molecule has 5 rings (SSSR count). The van der Waals surface area contributed by atoms with Crippen LogP contribution in [0.25, 0.3) is 11.1 Å². The maximum atomic E-state index is 12.9. The average molecular weight is 468 g/mol. The van der Waals surface area contributed by atoms with Crippen molar-refractivity contribution in [3.8, 4) is 17.0 Å². The SMILES string of the molecule is CC(C)n1ccc(S(=O)(=O)NC(=O)Nc2c(-c3ccnc4c3CCO4)ccc3c2CCC3)n1. The Kier molecular flexibility index (Phi) is 5.32. The Morgan fingerprint density at radius 2 is 1.94 bits per heavy atom. The highest BCUT2D eigenvalue weighted by Gasteiger charge is 2.26. The summed E-state index contributed by atoms with van der Waals surface area (Å²) in [5.41, 5.74) is 5.58. The second-order valence-corrected chi connectivity index (χ2v) is 10.1. The van der Waals surface area contributed by atoms with Crippen molar-refractivity contribution in [1.29, 1.82) is 0 Å². The van der Waals surface area contributed by atoms with Gasteiger partial charge in [-0.15, -0.1) is 0 Å². The molecule has 0 saturated carbocycles. The van der Waals surface area contributed by atoms with Crippen LogP contribution < -0.4 is 14.8 Å². The molecule has 0 unspecified atom stereocenters. The van der Waals surface area contributed by atoms with Crippen LogP contribution in [0.4, 0.5) is 10.5 Å². The number of carbonyl (C=O) groups excluding carboxylic acids is 1. The fraction of sp³-hybridized carbons (Fsp3) is 0.348. The molecule has 3 heterocycles. The van der Waals surface area contributed by atoms with Crippen LogP contribution >= 0.6 is 0 Å². The molecular formula is C23H25N5O4S. The van der Waals surface area contributed by atoms with E-state index in [1.165, 1.54) is 10.7 Å². The number of rotatable bonds is 5.